The van der Waals surface area contributed by atoms with E-state index in [1.807, 2.05) is 0 Å². The van der Waals surface area contributed by atoms with Crippen molar-refractivity contribution in [2.24, 2.45) is 0 Å². The van der Waals surface area contributed by atoms with E-state index in [2.05, 4.69) is 6.07 Å². The number of amides is 1. The molecule has 0 aliphatic carbocycles. The summed E-state index contributed by atoms with van der Waals surface area (Å²) in [6, 6.07) is 14.0. The molecule has 104 valence electrons. The zero-order valence-electron chi connectivity index (χ0n) is 11.4. The predicted octanol–water partition coefficient (Wildman–Crippen LogP) is 2.56. The molecule has 5 nitrogen and oxygen atoms in total. The lowest BCUT2D eigenvalue weighted by molar-refractivity contribution is 0.0992. The first kappa shape index (κ1) is 13.0. The van der Waals surface area contributed by atoms with Gasteiger partial charge in [-0.05, 0) is 36.4 Å². The number of benzene rings is 2. The Bertz CT molecular complexity index is 749. The highest BCUT2D eigenvalue weighted by Gasteiger charge is 2.19. The highest BCUT2D eigenvalue weighted by atomic mass is 16.7. The second kappa shape index (κ2) is 5.17. The van der Waals surface area contributed by atoms with Gasteiger partial charge in [0, 0.05) is 18.3 Å². The number of anilines is 1. The molecular formula is C16H12N2O3. The summed E-state index contributed by atoms with van der Waals surface area (Å²) in [6.07, 6.45) is 0. The van der Waals surface area contributed by atoms with Crippen molar-refractivity contribution in [1.29, 1.82) is 5.26 Å². The third-order valence-corrected chi connectivity index (χ3v) is 3.29. The van der Waals surface area contributed by atoms with E-state index < -0.39 is 0 Å². The molecule has 3 rings (SSSR count). The quantitative estimate of drug-likeness (QED) is 0.848. The summed E-state index contributed by atoms with van der Waals surface area (Å²) < 4.78 is 10.5. The molecule has 1 heterocycles. The van der Waals surface area contributed by atoms with Gasteiger partial charge in [-0.2, -0.15) is 5.26 Å². The van der Waals surface area contributed by atoms with Gasteiger partial charge in [0.25, 0.3) is 5.91 Å². The third-order valence-electron chi connectivity index (χ3n) is 3.29. The number of nitriles is 1. The maximum Gasteiger partial charge on any atom is 0.258 e. The average Bonchev–Trinajstić information content (AvgIpc) is 3.01. The van der Waals surface area contributed by atoms with Gasteiger partial charge in [-0.1, -0.05) is 6.07 Å². The highest BCUT2D eigenvalue weighted by Crippen LogP contribution is 2.33. The Kier molecular flexibility index (Phi) is 3.20. The minimum absolute atomic E-state index is 0.174. The van der Waals surface area contributed by atoms with Crippen LogP contribution in [0.1, 0.15) is 15.9 Å². The summed E-state index contributed by atoms with van der Waals surface area (Å²) in [5, 5.41) is 8.92. The number of fused-ring (bicyclic) bond motifs is 1. The van der Waals surface area contributed by atoms with E-state index in [0.29, 0.717) is 28.3 Å². The Morgan fingerprint density at radius 3 is 2.81 bits per heavy atom. The number of carbonyl (C=O) groups is 1. The number of hydrogen-bond donors (Lipinski definition) is 0. The number of rotatable bonds is 2. The zero-order valence-corrected chi connectivity index (χ0v) is 11.4. The van der Waals surface area contributed by atoms with Gasteiger partial charge in [-0.3, -0.25) is 4.79 Å². The predicted molar refractivity (Wildman–Crippen MR) is 76.5 cm³/mol. The van der Waals surface area contributed by atoms with Crippen LogP contribution in [0.5, 0.6) is 11.5 Å². The van der Waals surface area contributed by atoms with Crippen molar-refractivity contribution >= 4 is 11.6 Å². The molecule has 1 aliphatic rings. The van der Waals surface area contributed by atoms with Crippen molar-refractivity contribution in [3.8, 4) is 17.6 Å². The van der Waals surface area contributed by atoms with Crippen LogP contribution in [0, 0.1) is 11.3 Å². The van der Waals surface area contributed by atoms with E-state index in [4.69, 9.17) is 14.7 Å². The Labute approximate surface area is 121 Å². The summed E-state index contributed by atoms with van der Waals surface area (Å²) in [4.78, 5) is 14.0. The number of ether oxygens (including phenoxy) is 2. The minimum Gasteiger partial charge on any atom is -0.454 e. The summed E-state index contributed by atoms with van der Waals surface area (Å²) in [6.45, 7) is 0.174. The summed E-state index contributed by atoms with van der Waals surface area (Å²) in [5.41, 5.74) is 1.68. The molecule has 0 atom stereocenters. The first-order valence-corrected chi connectivity index (χ1v) is 6.37. The smallest absolute Gasteiger partial charge is 0.258 e. The van der Waals surface area contributed by atoms with Gasteiger partial charge >= 0.3 is 0 Å². The lowest BCUT2D eigenvalue weighted by Gasteiger charge is -2.17. The van der Waals surface area contributed by atoms with Gasteiger partial charge in [-0.25, -0.2) is 0 Å². The number of nitrogens with zero attached hydrogens (tertiary/aromatic N) is 2. The van der Waals surface area contributed by atoms with Crippen molar-refractivity contribution in [3.63, 3.8) is 0 Å². The van der Waals surface area contributed by atoms with E-state index >= 15 is 0 Å². The molecule has 0 bridgehead atoms. The van der Waals surface area contributed by atoms with Crippen LogP contribution in [0.15, 0.2) is 42.5 Å². The van der Waals surface area contributed by atoms with E-state index in [1.54, 1.807) is 49.5 Å². The normalized spacial score (nSPS) is 11.8. The van der Waals surface area contributed by atoms with Crippen LogP contribution < -0.4 is 14.4 Å². The first-order chi connectivity index (χ1) is 10.2. The molecule has 0 fully saturated rings. The van der Waals surface area contributed by atoms with Crippen molar-refractivity contribution in [2.45, 2.75) is 0 Å². The molecule has 2 aromatic rings. The van der Waals surface area contributed by atoms with Crippen LogP contribution in [0.25, 0.3) is 0 Å². The summed E-state index contributed by atoms with van der Waals surface area (Å²) >= 11 is 0. The van der Waals surface area contributed by atoms with Gasteiger partial charge in [0.1, 0.15) is 0 Å². The Hall–Kier alpha value is -3.00. The summed E-state index contributed by atoms with van der Waals surface area (Å²) in [5.74, 6) is 1.03. The summed E-state index contributed by atoms with van der Waals surface area (Å²) in [7, 11) is 1.67. The Balaban J connectivity index is 1.89. The topological polar surface area (TPSA) is 62.6 Å². The number of hydrogen-bond acceptors (Lipinski definition) is 4. The average molecular weight is 280 g/mol. The van der Waals surface area contributed by atoms with Crippen LogP contribution in [-0.4, -0.2) is 19.7 Å². The third kappa shape index (κ3) is 2.39. The monoisotopic (exact) mass is 280 g/mol. The second-order valence-electron chi connectivity index (χ2n) is 4.59. The molecule has 0 saturated carbocycles. The molecule has 0 unspecified atom stereocenters. The zero-order chi connectivity index (χ0) is 14.8. The molecule has 21 heavy (non-hydrogen) atoms. The van der Waals surface area contributed by atoms with Crippen LogP contribution >= 0.6 is 0 Å². The van der Waals surface area contributed by atoms with E-state index in [1.165, 1.54) is 4.90 Å². The SMILES string of the molecule is CN(C(=O)c1ccc2c(c1)OCO2)c1cccc(C#N)c1. The molecule has 1 amide bonds. The van der Waals surface area contributed by atoms with Crippen molar-refractivity contribution in [3.05, 3.63) is 53.6 Å². The lowest BCUT2D eigenvalue weighted by atomic mass is 10.1. The van der Waals surface area contributed by atoms with Crippen molar-refractivity contribution < 1.29 is 14.3 Å². The fourth-order valence-electron chi connectivity index (χ4n) is 2.12. The van der Waals surface area contributed by atoms with Gasteiger partial charge in [0.05, 0.1) is 11.6 Å². The lowest BCUT2D eigenvalue weighted by Crippen LogP contribution is -2.26. The molecule has 0 aromatic heterocycles. The van der Waals surface area contributed by atoms with E-state index in [-0.39, 0.29) is 12.7 Å². The standard InChI is InChI=1S/C16H12N2O3/c1-18(13-4-2-3-11(7-13)9-17)16(19)12-5-6-14-15(8-12)21-10-20-14/h2-8H,10H2,1H3. The Morgan fingerprint density at radius 1 is 1.19 bits per heavy atom. The molecular weight excluding hydrogens is 268 g/mol. The van der Waals surface area contributed by atoms with Crippen LogP contribution in [0.3, 0.4) is 0 Å². The maximum atomic E-state index is 12.5. The maximum absolute atomic E-state index is 12.5. The van der Waals surface area contributed by atoms with Gasteiger partial charge in [0.15, 0.2) is 11.5 Å². The van der Waals surface area contributed by atoms with E-state index in [0.717, 1.165) is 0 Å². The van der Waals surface area contributed by atoms with Gasteiger partial charge < -0.3 is 14.4 Å². The number of carbonyl (C=O) groups excluding carboxylic acids is 1. The minimum atomic E-state index is -0.177. The molecule has 0 radical (unpaired) electrons. The highest BCUT2D eigenvalue weighted by molar-refractivity contribution is 6.06. The first-order valence-electron chi connectivity index (χ1n) is 6.37. The van der Waals surface area contributed by atoms with Crippen molar-refractivity contribution in [1.82, 2.24) is 0 Å². The molecule has 1 aliphatic heterocycles. The Morgan fingerprint density at radius 2 is 2.00 bits per heavy atom. The fraction of sp³-hybridized carbons (Fsp3) is 0.125. The van der Waals surface area contributed by atoms with Crippen LogP contribution in [-0.2, 0) is 0 Å². The van der Waals surface area contributed by atoms with Crippen LogP contribution in [0.2, 0.25) is 0 Å². The van der Waals surface area contributed by atoms with E-state index in [9.17, 15) is 4.79 Å². The largest absolute Gasteiger partial charge is 0.454 e. The second-order valence-corrected chi connectivity index (χ2v) is 4.59. The van der Waals surface area contributed by atoms with Gasteiger partial charge in [0.2, 0.25) is 6.79 Å². The molecule has 0 saturated heterocycles. The van der Waals surface area contributed by atoms with Crippen molar-refractivity contribution in [2.75, 3.05) is 18.7 Å². The molecule has 0 spiro atoms. The molecule has 0 N–H and O–H groups in total. The van der Waals surface area contributed by atoms with Crippen LogP contribution in [0.4, 0.5) is 5.69 Å². The molecule has 5 heteroatoms. The molecule has 2 aromatic carbocycles. The van der Waals surface area contributed by atoms with Gasteiger partial charge in [-0.15, -0.1) is 0 Å². The fourth-order valence-corrected chi connectivity index (χ4v) is 2.12.